The number of carbonyl (C=O) groups is 2. The van der Waals surface area contributed by atoms with Gasteiger partial charge in [0.25, 0.3) is 15.9 Å². The Morgan fingerprint density at radius 3 is 2.28 bits per heavy atom. The first-order chi connectivity index (χ1) is 21.6. The molecule has 6 rings (SSSR count). The van der Waals surface area contributed by atoms with Gasteiger partial charge in [-0.25, -0.2) is 17.2 Å². The number of benzene rings is 2. The molecule has 46 heavy (non-hydrogen) atoms. The molecule has 2 aliphatic heterocycles. The molecule has 244 valence electrons. The molecule has 3 aromatic rings. The van der Waals surface area contributed by atoms with Gasteiger partial charge in [0, 0.05) is 37.2 Å². The van der Waals surface area contributed by atoms with Crippen LogP contribution in [0.1, 0.15) is 59.8 Å². The fourth-order valence-corrected chi connectivity index (χ4v) is 8.78. The maximum atomic E-state index is 16.8. The first-order valence-electron chi connectivity index (χ1n) is 14.5. The van der Waals surface area contributed by atoms with Crippen molar-refractivity contribution in [1.29, 1.82) is 0 Å². The van der Waals surface area contributed by atoms with Crippen LogP contribution in [0.5, 0.6) is 0 Å². The van der Waals surface area contributed by atoms with E-state index < -0.39 is 62.9 Å². The molecule has 2 aromatic carbocycles. The number of hydrogen-bond donors (Lipinski definition) is 1. The van der Waals surface area contributed by atoms with Gasteiger partial charge in [-0.2, -0.15) is 13.2 Å². The summed E-state index contributed by atoms with van der Waals surface area (Å²) in [5.74, 6) is -2.74. The Morgan fingerprint density at radius 1 is 1.07 bits per heavy atom. The van der Waals surface area contributed by atoms with E-state index in [0.29, 0.717) is 25.1 Å². The summed E-state index contributed by atoms with van der Waals surface area (Å²) in [5.41, 5.74) is -2.48. The van der Waals surface area contributed by atoms with Gasteiger partial charge in [-0.3, -0.25) is 18.9 Å². The third-order valence-corrected chi connectivity index (χ3v) is 11.3. The second-order valence-corrected chi connectivity index (χ2v) is 14.1. The summed E-state index contributed by atoms with van der Waals surface area (Å²) in [6.07, 6.45) is -2.22. The van der Waals surface area contributed by atoms with E-state index in [4.69, 9.17) is 11.6 Å². The van der Waals surface area contributed by atoms with Crippen LogP contribution in [0, 0.1) is 17.6 Å². The molecule has 2 fully saturated rings. The number of piperidine rings is 1. The average molecular weight is 683 g/mol. The van der Waals surface area contributed by atoms with Crippen molar-refractivity contribution in [2.45, 2.75) is 61.7 Å². The lowest BCUT2D eigenvalue weighted by Gasteiger charge is -2.45. The van der Waals surface area contributed by atoms with Crippen molar-refractivity contribution in [1.82, 2.24) is 15.2 Å². The Kier molecular flexibility index (Phi) is 8.03. The van der Waals surface area contributed by atoms with Crippen LogP contribution in [-0.2, 0) is 33.0 Å². The number of nitrogens with zero attached hydrogens (tertiary/aromatic N) is 3. The van der Waals surface area contributed by atoms with Crippen LogP contribution < -0.4 is 9.62 Å². The number of anilines is 1. The number of hydrogen-bond acceptors (Lipinski definition) is 5. The number of halogens is 6. The molecule has 1 aromatic heterocycles. The first kappa shape index (κ1) is 32.2. The lowest BCUT2D eigenvalue weighted by atomic mass is 9.67. The fourth-order valence-electron chi connectivity index (χ4n) is 6.75. The van der Waals surface area contributed by atoms with Crippen molar-refractivity contribution in [3.05, 3.63) is 87.7 Å². The molecular formula is C31H28ClF5N4O4S. The molecule has 1 aliphatic carbocycles. The minimum absolute atomic E-state index is 0.0524. The van der Waals surface area contributed by atoms with Crippen LogP contribution >= 0.6 is 11.6 Å². The summed E-state index contributed by atoms with van der Waals surface area (Å²) in [5, 5.41) is 2.11. The Bertz CT molecular complexity index is 1830. The predicted molar refractivity (Wildman–Crippen MR) is 158 cm³/mol. The zero-order valence-electron chi connectivity index (χ0n) is 24.4. The highest BCUT2D eigenvalue weighted by Gasteiger charge is 2.61. The van der Waals surface area contributed by atoms with E-state index in [2.05, 4.69) is 10.3 Å². The van der Waals surface area contributed by atoms with Gasteiger partial charge >= 0.3 is 6.18 Å². The number of aromatic nitrogens is 1. The SMILES string of the molecule is CC(=O)N1CCC2(CC1)c1c(ccc(C(=O)NCc3ncc(C(F)(F)F)cc3Cl)c1F)N(S(=O)(=O)c1ccc(F)cc1)C2C1CC1. The summed E-state index contributed by atoms with van der Waals surface area (Å²) in [6, 6.07) is 6.86. The number of alkyl halides is 3. The molecule has 1 saturated heterocycles. The Balaban J connectivity index is 1.40. The predicted octanol–water partition coefficient (Wildman–Crippen LogP) is 5.83. The van der Waals surface area contributed by atoms with Crippen LogP contribution in [0.4, 0.5) is 27.6 Å². The van der Waals surface area contributed by atoms with Crippen molar-refractivity contribution < 1.29 is 40.0 Å². The van der Waals surface area contributed by atoms with E-state index >= 15 is 4.39 Å². The van der Waals surface area contributed by atoms with E-state index in [1.165, 1.54) is 17.3 Å². The Labute approximate surface area is 266 Å². The van der Waals surface area contributed by atoms with Crippen molar-refractivity contribution in [2.75, 3.05) is 17.4 Å². The standard InChI is InChI=1S/C31H28ClF5N4O4S/c1-17(42)40-12-10-30(11-13-40)26-25(41(28(30)18-2-3-18)46(44,45)21-6-4-20(33)5-7-21)9-8-22(27(26)34)29(43)39-16-24-23(32)14-19(15-38-24)31(35,36)37/h4-9,14-15,18,28H,2-3,10-13,16H2,1H3,(H,39,43). The second kappa shape index (κ2) is 11.5. The average Bonchev–Trinajstić information content (AvgIpc) is 3.79. The summed E-state index contributed by atoms with van der Waals surface area (Å²) >= 11 is 5.97. The molecular weight excluding hydrogens is 655 g/mol. The number of rotatable bonds is 6. The molecule has 1 unspecified atom stereocenters. The van der Waals surface area contributed by atoms with Gasteiger partial charge in [0.05, 0.1) is 45.0 Å². The van der Waals surface area contributed by atoms with Gasteiger partial charge in [-0.1, -0.05) is 11.6 Å². The zero-order valence-corrected chi connectivity index (χ0v) is 25.9. The first-order valence-corrected chi connectivity index (χ1v) is 16.4. The fraction of sp³-hybridized carbons (Fsp3) is 0.387. The van der Waals surface area contributed by atoms with Gasteiger partial charge in [-0.15, -0.1) is 0 Å². The molecule has 8 nitrogen and oxygen atoms in total. The van der Waals surface area contributed by atoms with Gasteiger partial charge in [0.1, 0.15) is 11.6 Å². The number of nitrogens with one attached hydrogen (secondary N) is 1. The molecule has 2 amide bonds. The number of pyridine rings is 1. The van der Waals surface area contributed by atoms with Crippen molar-refractivity contribution in [3.63, 3.8) is 0 Å². The lowest BCUT2D eigenvalue weighted by Crippen LogP contribution is -2.54. The molecule has 1 N–H and O–H groups in total. The highest BCUT2D eigenvalue weighted by molar-refractivity contribution is 7.92. The van der Waals surface area contributed by atoms with Crippen molar-refractivity contribution in [2.24, 2.45) is 5.92 Å². The molecule has 1 atom stereocenters. The summed E-state index contributed by atoms with van der Waals surface area (Å²) < 4.78 is 99.2. The third kappa shape index (κ3) is 5.48. The molecule has 15 heteroatoms. The number of sulfonamides is 1. The minimum Gasteiger partial charge on any atom is -0.346 e. The maximum absolute atomic E-state index is 16.8. The molecule has 1 saturated carbocycles. The highest BCUT2D eigenvalue weighted by Crippen LogP contribution is 2.59. The van der Waals surface area contributed by atoms with E-state index in [-0.39, 0.29) is 64.6 Å². The summed E-state index contributed by atoms with van der Waals surface area (Å²) in [6.45, 7) is 1.51. The Morgan fingerprint density at radius 2 is 1.72 bits per heavy atom. The van der Waals surface area contributed by atoms with Gasteiger partial charge < -0.3 is 10.2 Å². The molecule has 3 heterocycles. The summed E-state index contributed by atoms with van der Waals surface area (Å²) in [4.78, 5) is 30.7. The largest absolute Gasteiger partial charge is 0.417 e. The number of carbonyl (C=O) groups excluding carboxylic acids is 2. The van der Waals surface area contributed by atoms with E-state index in [1.54, 1.807) is 4.90 Å². The topological polar surface area (TPSA) is 99.7 Å². The highest BCUT2D eigenvalue weighted by atomic mass is 35.5. The zero-order chi connectivity index (χ0) is 33.2. The van der Waals surface area contributed by atoms with Crippen LogP contribution in [0.2, 0.25) is 5.02 Å². The number of fused-ring (bicyclic) bond motifs is 2. The van der Waals surface area contributed by atoms with Crippen LogP contribution in [0.3, 0.4) is 0 Å². The molecule has 3 aliphatic rings. The van der Waals surface area contributed by atoms with Gasteiger partial charge in [-0.05, 0) is 74.1 Å². The van der Waals surface area contributed by atoms with Crippen LogP contribution in [0.25, 0.3) is 0 Å². The smallest absolute Gasteiger partial charge is 0.346 e. The maximum Gasteiger partial charge on any atom is 0.417 e. The lowest BCUT2D eigenvalue weighted by molar-refractivity contribution is -0.137. The normalized spacial score (nSPS) is 19.3. The minimum atomic E-state index is -4.67. The van der Waals surface area contributed by atoms with Crippen molar-refractivity contribution >= 4 is 39.1 Å². The van der Waals surface area contributed by atoms with E-state index in [9.17, 15) is 35.6 Å². The molecule has 0 bridgehead atoms. The quantitative estimate of drug-likeness (QED) is 0.330. The van der Waals surface area contributed by atoms with Crippen LogP contribution in [-0.4, -0.2) is 49.2 Å². The summed E-state index contributed by atoms with van der Waals surface area (Å²) in [7, 11) is -4.33. The van der Waals surface area contributed by atoms with E-state index in [1.807, 2.05) is 0 Å². The molecule has 1 spiro atoms. The van der Waals surface area contributed by atoms with Crippen molar-refractivity contribution in [3.8, 4) is 0 Å². The van der Waals surface area contributed by atoms with Gasteiger partial charge in [0.2, 0.25) is 5.91 Å². The number of likely N-dealkylation sites (tertiary alicyclic amines) is 1. The second-order valence-electron chi connectivity index (χ2n) is 11.9. The van der Waals surface area contributed by atoms with Gasteiger partial charge in [0.15, 0.2) is 0 Å². The van der Waals surface area contributed by atoms with E-state index in [0.717, 1.165) is 30.3 Å². The number of amides is 2. The molecule has 0 radical (unpaired) electrons. The monoisotopic (exact) mass is 682 g/mol. The third-order valence-electron chi connectivity index (χ3n) is 9.12. The van der Waals surface area contributed by atoms with Crippen LogP contribution in [0.15, 0.2) is 53.6 Å². The Hall–Kier alpha value is -3.78.